The van der Waals surface area contributed by atoms with E-state index in [0.717, 1.165) is 11.4 Å². The van der Waals surface area contributed by atoms with Crippen LogP contribution in [0.4, 0.5) is 21.5 Å². The zero-order valence-electron chi connectivity index (χ0n) is 11.0. The molecule has 0 aromatic heterocycles. The van der Waals surface area contributed by atoms with Gasteiger partial charge in [0.15, 0.2) is 0 Å². The van der Waals surface area contributed by atoms with Gasteiger partial charge in [0.25, 0.3) is 0 Å². The van der Waals surface area contributed by atoms with Gasteiger partial charge < -0.3 is 15.8 Å². The van der Waals surface area contributed by atoms with Crippen molar-refractivity contribution in [1.82, 2.24) is 0 Å². The second-order valence-electron chi connectivity index (χ2n) is 4.27. The number of anilines is 3. The highest BCUT2D eigenvalue weighted by Gasteiger charge is 2.05. The predicted molar refractivity (Wildman–Crippen MR) is 76.4 cm³/mol. The lowest BCUT2D eigenvalue weighted by atomic mass is 10.1. The monoisotopic (exact) mass is 260 g/mol. The standard InChI is InChI=1S/C15H17FN2O/c1-3-19-12-6-4-5-11(8-12)18-15-7-10(2)13(16)9-14(15)17/h4-9,18H,3,17H2,1-2H3. The van der Waals surface area contributed by atoms with Gasteiger partial charge in [-0.25, -0.2) is 4.39 Å². The number of hydrogen-bond donors (Lipinski definition) is 2. The fourth-order valence-corrected chi connectivity index (χ4v) is 1.79. The summed E-state index contributed by atoms with van der Waals surface area (Å²) in [6.07, 6.45) is 0. The van der Waals surface area contributed by atoms with E-state index in [9.17, 15) is 4.39 Å². The fourth-order valence-electron chi connectivity index (χ4n) is 1.79. The van der Waals surface area contributed by atoms with Crippen molar-refractivity contribution in [3.05, 3.63) is 47.8 Å². The van der Waals surface area contributed by atoms with E-state index in [1.807, 2.05) is 31.2 Å². The molecule has 0 spiro atoms. The Balaban J connectivity index is 2.25. The molecule has 0 aliphatic heterocycles. The van der Waals surface area contributed by atoms with E-state index >= 15 is 0 Å². The Morgan fingerprint density at radius 1 is 1.26 bits per heavy atom. The number of rotatable bonds is 4. The molecule has 2 aromatic carbocycles. The van der Waals surface area contributed by atoms with Gasteiger partial charge in [0.1, 0.15) is 11.6 Å². The Labute approximate surface area is 112 Å². The summed E-state index contributed by atoms with van der Waals surface area (Å²) in [6.45, 7) is 4.25. The molecular weight excluding hydrogens is 243 g/mol. The van der Waals surface area contributed by atoms with Gasteiger partial charge in [0.2, 0.25) is 0 Å². The van der Waals surface area contributed by atoms with Gasteiger partial charge in [-0.2, -0.15) is 0 Å². The van der Waals surface area contributed by atoms with Crippen LogP contribution < -0.4 is 15.8 Å². The molecule has 0 aliphatic rings. The van der Waals surface area contributed by atoms with Gasteiger partial charge in [-0.15, -0.1) is 0 Å². The molecule has 0 fully saturated rings. The second-order valence-corrected chi connectivity index (χ2v) is 4.27. The van der Waals surface area contributed by atoms with E-state index in [1.165, 1.54) is 6.07 Å². The molecule has 19 heavy (non-hydrogen) atoms. The highest BCUT2D eigenvalue weighted by molar-refractivity contribution is 5.73. The molecule has 4 heteroatoms. The number of ether oxygens (including phenoxy) is 1. The molecule has 3 nitrogen and oxygen atoms in total. The zero-order chi connectivity index (χ0) is 13.8. The maximum Gasteiger partial charge on any atom is 0.128 e. The van der Waals surface area contributed by atoms with Crippen LogP contribution in [-0.4, -0.2) is 6.61 Å². The van der Waals surface area contributed by atoms with Crippen LogP contribution in [-0.2, 0) is 0 Å². The Kier molecular flexibility index (Phi) is 3.90. The Morgan fingerprint density at radius 2 is 2.05 bits per heavy atom. The highest BCUT2D eigenvalue weighted by atomic mass is 19.1. The normalized spacial score (nSPS) is 10.3. The SMILES string of the molecule is CCOc1cccc(Nc2cc(C)c(F)cc2N)c1. The summed E-state index contributed by atoms with van der Waals surface area (Å²) in [4.78, 5) is 0. The van der Waals surface area contributed by atoms with Crippen molar-refractivity contribution < 1.29 is 9.13 Å². The third kappa shape index (κ3) is 3.16. The Bertz CT molecular complexity index is 584. The van der Waals surface area contributed by atoms with Crippen LogP contribution in [0, 0.1) is 12.7 Å². The maximum absolute atomic E-state index is 13.3. The molecule has 0 aliphatic carbocycles. The lowest BCUT2D eigenvalue weighted by molar-refractivity contribution is 0.340. The smallest absolute Gasteiger partial charge is 0.128 e. The van der Waals surface area contributed by atoms with Crippen molar-refractivity contribution >= 4 is 17.1 Å². The van der Waals surface area contributed by atoms with Gasteiger partial charge in [0, 0.05) is 11.8 Å². The van der Waals surface area contributed by atoms with Gasteiger partial charge in [-0.3, -0.25) is 0 Å². The molecule has 0 radical (unpaired) electrons. The lowest BCUT2D eigenvalue weighted by Gasteiger charge is -2.12. The Morgan fingerprint density at radius 3 is 2.79 bits per heavy atom. The van der Waals surface area contributed by atoms with Gasteiger partial charge in [-0.05, 0) is 43.7 Å². The van der Waals surface area contributed by atoms with Crippen LogP contribution in [0.5, 0.6) is 5.75 Å². The number of nitrogens with two attached hydrogens (primary N) is 1. The molecule has 0 atom stereocenters. The minimum absolute atomic E-state index is 0.300. The van der Waals surface area contributed by atoms with Crippen LogP contribution >= 0.6 is 0 Å². The number of nitrogens with one attached hydrogen (secondary N) is 1. The second kappa shape index (κ2) is 5.61. The summed E-state index contributed by atoms with van der Waals surface area (Å²) in [6, 6.07) is 10.6. The Hall–Kier alpha value is -2.23. The van der Waals surface area contributed by atoms with Crippen molar-refractivity contribution in [3.63, 3.8) is 0 Å². The predicted octanol–water partition coefficient (Wildman–Crippen LogP) is 3.86. The lowest BCUT2D eigenvalue weighted by Crippen LogP contribution is -1.99. The number of halogens is 1. The first kappa shape index (κ1) is 13.2. The summed E-state index contributed by atoms with van der Waals surface area (Å²) in [5.74, 6) is 0.482. The molecule has 0 saturated carbocycles. The molecule has 2 rings (SSSR count). The fraction of sp³-hybridized carbons (Fsp3) is 0.200. The molecule has 0 heterocycles. The van der Waals surface area contributed by atoms with Crippen LogP contribution in [0.2, 0.25) is 0 Å². The molecule has 3 N–H and O–H groups in total. The van der Waals surface area contributed by atoms with E-state index in [4.69, 9.17) is 10.5 Å². The van der Waals surface area contributed by atoms with Gasteiger partial charge in [0.05, 0.1) is 18.0 Å². The van der Waals surface area contributed by atoms with Crippen LogP contribution in [0.15, 0.2) is 36.4 Å². The van der Waals surface area contributed by atoms with Crippen molar-refractivity contribution in [2.24, 2.45) is 0 Å². The number of hydrogen-bond acceptors (Lipinski definition) is 3. The first-order chi connectivity index (χ1) is 9.10. The summed E-state index contributed by atoms with van der Waals surface area (Å²) >= 11 is 0. The average Bonchev–Trinajstić information content (AvgIpc) is 2.37. The van der Waals surface area contributed by atoms with Gasteiger partial charge in [-0.1, -0.05) is 6.07 Å². The van der Waals surface area contributed by atoms with Crippen molar-refractivity contribution in [3.8, 4) is 5.75 Å². The topological polar surface area (TPSA) is 47.3 Å². The molecule has 0 unspecified atom stereocenters. The molecule has 100 valence electrons. The van der Waals surface area contributed by atoms with E-state index in [2.05, 4.69) is 5.32 Å². The van der Waals surface area contributed by atoms with Crippen LogP contribution in [0.1, 0.15) is 12.5 Å². The van der Waals surface area contributed by atoms with E-state index in [-0.39, 0.29) is 5.82 Å². The molecular formula is C15H17FN2O. The molecule has 0 bridgehead atoms. The average molecular weight is 260 g/mol. The van der Waals surface area contributed by atoms with Gasteiger partial charge >= 0.3 is 0 Å². The number of aryl methyl sites for hydroxylation is 1. The largest absolute Gasteiger partial charge is 0.494 e. The summed E-state index contributed by atoms with van der Waals surface area (Å²) in [7, 11) is 0. The zero-order valence-corrected chi connectivity index (χ0v) is 11.0. The first-order valence-corrected chi connectivity index (χ1v) is 6.15. The maximum atomic E-state index is 13.3. The van der Waals surface area contributed by atoms with E-state index in [0.29, 0.717) is 23.5 Å². The minimum atomic E-state index is -0.300. The van der Waals surface area contributed by atoms with Crippen molar-refractivity contribution in [2.45, 2.75) is 13.8 Å². The summed E-state index contributed by atoms with van der Waals surface area (Å²) in [5.41, 5.74) is 8.27. The molecule has 0 amide bonds. The van der Waals surface area contributed by atoms with Crippen molar-refractivity contribution in [2.75, 3.05) is 17.7 Å². The minimum Gasteiger partial charge on any atom is -0.494 e. The molecule has 0 saturated heterocycles. The highest BCUT2D eigenvalue weighted by Crippen LogP contribution is 2.27. The molecule has 2 aromatic rings. The first-order valence-electron chi connectivity index (χ1n) is 6.15. The van der Waals surface area contributed by atoms with Crippen LogP contribution in [0.3, 0.4) is 0 Å². The quantitative estimate of drug-likeness (QED) is 0.821. The number of nitrogen functional groups attached to an aromatic ring is 1. The third-order valence-corrected chi connectivity index (χ3v) is 2.75. The third-order valence-electron chi connectivity index (χ3n) is 2.75. The van der Waals surface area contributed by atoms with E-state index in [1.54, 1.807) is 13.0 Å². The summed E-state index contributed by atoms with van der Waals surface area (Å²) < 4.78 is 18.8. The summed E-state index contributed by atoms with van der Waals surface area (Å²) in [5, 5.41) is 3.17. The van der Waals surface area contributed by atoms with Crippen molar-refractivity contribution in [1.29, 1.82) is 0 Å². The van der Waals surface area contributed by atoms with Crippen LogP contribution in [0.25, 0.3) is 0 Å². The number of benzene rings is 2. The van der Waals surface area contributed by atoms with E-state index < -0.39 is 0 Å².